The first-order valence-corrected chi connectivity index (χ1v) is 8.93. The zero-order chi connectivity index (χ0) is 18.8. The molecular weight excluding hydrogens is 347 g/mol. The van der Waals surface area contributed by atoms with Crippen LogP contribution in [0.2, 0.25) is 0 Å². The van der Waals surface area contributed by atoms with Gasteiger partial charge >= 0.3 is 0 Å². The molecular formula is C20H19FN4O2. The normalized spacial score (nSPS) is 25.4. The molecule has 2 aromatic rings. The van der Waals surface area contributed by atoms with Crippen molar-refractivity contribution in [2.24, 2.45) is 10.7 Å². The third-order valence-electron chi connectivity index (χ3n) is 5.76. The van der Waals surface area contributed by atoms with Gasteiger partial charge in [0.2, 0.25) is 0 Å². The number of nitrogens with zero attached hydrogens (tertiary/aromatic N) is 2. The van der Waals surface area contributed by atoms with Gasteiger partial charge in [-0.2, -0.15) is 0 Å². The first-order valence-electron chi connectivity index (χ1n) is 8.93. The number of amidine groups is 1. The van der Waals surface area contributed by atoms with Crippen molar-refractivity contribution in [2.45, 2.75) is 24.5 Å². The van der Waals surface area contributed by atoms with Crippen molar-refractivity contribution in [1.82, 2.24) is 4.90 Å². The van der Waals surface area contributed by atoms with Crippen LogP contribution in [0, 0.1) is 5.82 Å². The van der Waals surface area contributed by atoms with Gasteiger partial charge in [-0.3, -0.25) is 4.79 Å². The number of benzene rings is 2. The Labute approximate surface area is 155 Å². The highest BCUT2D eigenvalue weighted by Crippen LogP contribution is 2.47. The van der Waals surface area contributed by atoms with Crippen LogP contribution in [-0.2, 0) is 0 Å². The van der Waals surface area contributed by atoms with Crippen LogP contribution in [0.3, 0.4) is 0 Å². The molecule has 0 saturated carbocycles. The van der Waals surface area contributed by atoms with Crippen molar-refractivity contribution in [3.63, 3.8) is 0 Å². The Bertz CT molecular complexity index is 1010. The van der Waals surface area contributed by atoms with Gasteiger partial charge in [-0.05, 0) is 29.8 Å². The Morgan fingerprint density at radius 3 is 3.04 bits per heavy atom. The number of hydrogen-bond acceptors (Lipinski definition) is 5. The van der Waals surface area contributed by atoms with Gasteiger partial charge in [0.15, 0.2) is 0 Å². The number of nitrogens with two attached hydrogens (primary N) is 1. The quantitative estimate of drug-likeness (QED) is 0.813. The molecule has 2 unspecified atom stereocenters. The number of ether oxygens (including phenoxy) is 1. The lowest BCUT2D eigenvalue weighted by Crippen LogP contribution is -2.51. The van der Waals surface area contributed by atoms with Crippen LogP contribution in [0.5, 0.6) is 5.75 Å². The van der Waals surface area contributed by atoms with Gasteiger partial charge in [0, 0.05) is 30.6 Å². The van der Waals surface area contributed by atoms with E-state index in [1.54, 1.807) is 19.2 Å². The molecule has 27 heavy (non-hydrogen) atoms. The first kappa shape index (κ1) is 16.1. The Balaban J connectivity index is 1.54. The summed E-state index contributed by atoms with van der Waals surface area (Å²) in [6.07, 6.45) is 1.19. The number of halogens is 1. The zero-order valence-corrected chi connectivity index (χ0v) is 14.8. The van der Waals surface area contributed by atoms with Gasteiger partial charge < -0.3 is 20.7 Å². The number of carbonyl (C=O) groups excluding carboxylic acids is 1. The number of piperidine rings is 1. The maximum Gasteiger partial charge on any atom is 0.254 e. The van der Waals surface area contributed by atoms with Gasteiger partial charge in [-0.25, -0.2) is 9.38 Å². The summed E-state index contributed by atoms with van der Waals surface area (Å²) in [6, 6.07) is 10.4. The number of fused-ring (bicyclic) bond motifs is 4. The largest absolute Gasteiger partial charge is 0.497 e. The van der Waals surface area contributed by atoms with Gasteiger partial charge in [-0.15, -0.1) is 0 Å². The van der Waals surface area contributed by atoms with E-state index in [1.807, 2.05) is 23.1 Å². The molecule has 1 saturated heterocycles. The number of aliphatic imine (C=N–C) groups is 1. The summed E-state index contributed by atoms with van der Waals surface area (Å²) in [5.41, 5.74) is 8.09. The molecule has 0 aromatic heterocycles. The highest BCUT2D eigenvalue weighted by Gasteiger charge is 2.48. The van der Waals surface area contributed by atoms with Crippen LogP contribution in [0.25, 0.3) is 0 Å². The molecule has 3 N–H and O–H groups in total. The molecule has 5 rings (SSSR count). The molecule has 1 fully saturated rings. The topological polar surface area (TPSA) is 80.0 Å². The third-order valence-corrected chi connectivity index (χ3v) is 5.76. The van der Waals surface area contributed by atoms with E-state index < -0.39 is 5.66 Å². The molecule has 3 heterocycles. The summed E-state index contributed by atoms with van der Waals surface area (Å²) in [6.45, 7) is 0.551. The van der Waals surface area contributed by atoms with Crippen molar-refractivity contribution in [1.29, 1.82) is 0 Å². The number of nitrogens with one attached hydrogen (secondary N) is 1. The van der Waals surface area contributed by atoms with E-state index in [-0.39, 0.29) is 23.6 Å². The maximum atomic E-state index is 14.1. The Morgan fingerprint density at radius 2 is 2.22 bits per heavy atom. The number of rotatable bonds is 1. The summed E-state index contributed by atoms with van der Waals surface area (Å²) >= 11 is 0. The number of methoxy groups -OCH3 is 1. The van der Waals surface area contributed by atoms with E-state index in [9.17, 15) is 9.18 Å². The van der Waals surface area contributed by atoms with E-state index in [0.717, 1.165) is 5.56 Å². The highest BCUT2D eigenvalue weighted by atomic mass is 19.1. The highest BCUT2D eigenvalue weighted by molar-refractivity contribution is 6.04. The predicted octanol–water partition coefficient (Wildman–Crippen LogP) is 2.65. The fourth-order valence-corrected chi connectivity index (χ4v) is 4.48. The smallest absolute Gasteiger partial charge is 0.254 e. The Hall–Kier alpha value is -3.09. The van der Waals surface area contributed by atoms with Crippen LogP contribution < -0.4 is 15.8 Å². The van der Waals surface area contributed by atoms with E-state index in [1.165, 1.54) is 6.07 Å². The van der Waals surface area contributed by atoms with E-state index in [0.29, 0.717) is 42.0 Å². The average molecular weight is 366 g/mol. The van der Waals surface area contributed by atoms with Crippen LogP contribution in [0.15, 0.2) is 41.4 Å². The third kappa shape index (κ3) is 2.24. The van der Waals surface area contributed by atoms with Crippen LogP contribution in [0.1, 0.15) is 40.4 Å². The molecule has 1 amide bonds. The van der Waals surface area contributed by atoms with Crippen molar-refractivity contribution < 1.29 is 13.9 Å². The second-order valence-electron chi connectivity index (χ2n) is 7.24. The monoisotopic (exact) mass is 366 g/mol. The zero-order valence-electron chi connectivity index (χ0n) is 14.8. The molecule has 0 radical (unpaired) electrons. The van der Waals surface area contributed by atoms with Crippen molar-refractivity contribution in [3.8, 4) is 5.75 Å². The standard InChI is InChI=1S/C20H19FN4O2/c1-27-11-5-6-12-13(9-11)19(26)25-8-7-20(10-16(12)25)23-15-4-2-3-14(21)17(15)18(22)24-20/h2-6,9,16,23H,7-8,10H2,1H3,(H2,22,24). The molecule has 6 nitrogen and oxygen atoms in total. The number of carbonyl (C=O) groups is 1. The molecule has 3 aliphatic rings. The minimum absolute atomic E-state index is 0.0166. The van der Waals surface area contributed by atoms with Crippen LogP contribution >= 0.6 is 0 Å². The number of amides is 1. The second-order valence-corrected chi connectivity index (χ2v) is 7.24. The minimum atomic E-state index is -0.645. The molecule has 0 bridgehead atoms. The average Bonchev–Trinajstić information content (AvgIpc) is 2.92. The molecule has 2 atom stereocenters. The van der Waals surface area contributed by atoms with Crippen molar-refractivity contribution >= 4 is 17.4 Å². The SMILES string of the molecule is COc1ccc2c(c1)C(=O)N1CCC3(CC21)N=C(N)c1c(F)cccc1N3. The molecule has 3 aliphatic heterocycles. The fourth-order valence-electron chi connectivity index (χ4n) is 4.48. The molecule has 2 aromatic carbocycles. The first-order chi connectivity index (χ1) is 13.0. The van der Waals surface area contributed by atoms with Gasteiger partial charge in [-0.1, -0.05) is 12.1 Å². The Kier molecular flexibility index (Phi) is 3.25. The fraction of sp³-hybridized carbons (Fsp3) is 0.300. The van der Waals surface area contributed by atoms with Crippen LogP contribution in [0.4, 0.5) is 10.1 Å². The lowest BCUT2D eigenvalue weighted by molar-refractivity contribution is 0.0605. The van der Waals surface area contributed by atoms with Crippen molar-refractivity contribution in [3.05, 3.63) is 58.9 Å². The summed E-state index contributed by atoms with van der Waals surface area (Å²) < 4.78 is 19.4. The molecule has 138 valence electrons. The van der Waals surface area contributed by atoms with E-state index in [4.69, 9.17) is 10.5 Å². The Morgan fingerprint density at radius 1 is 1.37 bits per heavy atom. The minimum Gasteiger partial charge on any atom is -0.497 e. The number of anilines is 1. The molecule has 1 spiro atoms. The number of hydrogen-bond donors (Lipinski definition) is 2. The van der Waals surface area contributed by atoms with Gasteiger partial charge in [0.1, 0.15) is 23.1 Å². The lowest BCUT2D eigenvalue weighted by atomic mass is 9.87. The lowest BCUT2D eigenvalue weighted by Gasteiger charge is -2.44. The predicted molar refractivity (Wildman–Crippen MR) is 99.5 cm³/mol. The second kappa shape index (κ2) is 5.45. The maximum absolute atomic E-state index is 14.1. The summed E-state index contributed by atoms with van der Waals surface area (Å²) in [7, 11) is 1.59. The summed E-state index contributed by atoms with van der Waals surface area (Å²) in [4.78, 5) is 19.3. The van der Waals surface area contributed by atoms with Gasteiger partial charge in [0.25, 0.3) is 5.91 Å². The molecule has 0 aliphatic carbocycles. The summed E-state index contributed by atoms with van der Waals surface area (Å²) in [5.74, 6) is 0.499. The molecule has 7 heteroatoms. The van der Waals surface area contributed by atoms with Crippen LogP contribution in [-0.4, -0.2) is 36.0 Å². The van der Waals surface area contributed by atoms with Crippen molar-refractivity contribution in [2.75, 3.05) is 19.0 Å². The van der Waals surface area contributed by atoms with E-state index in [2.05, 4.69) is 10.3 Å². The summed E-state index contributed by atoms with van der Waals surface area (Å²) in [5, 5.41) is 3.39. The van der Waals surface area contributed by atoms with E-state index >= 15 is 0 Å². The van der Waals surface area contributed by atoms with Gasteiger partial charge in [0.05, 0.1) is 18.7 Å².